The summed E-state index contributed by atoms with van der Waals surface area (Å²) in [4.78, 5) is 21.9. The van der Waals surface area contributed by atoms with Crippen molar-refractivity contribution in [2.24, 2.45) is 0 Å². The zero-order chi connectivity index (χ0) is 23.7. The van der Waals surface area contributed by atoms with E-state index in [1.54, 1.807) is 0 Å². The van der Waals surface area contributed by atoms with Crippen molar-refractivity contribution in [1.82, 2.24) is 0 Å². The molecule has 0 saturated heterocycles. The molecule has 0 spiro atoms. The summed E-state index contributed by atoms with van der Waals surface area (Å²) in [5.41, 5.74) is 2.53. The number of hydrogen-bond donors (Lipinski definition) is 0. The van der Waals surface area contributed by atoms with Gasteiger partial charge < -0.3 is 18.9 Å². The molecule has 0 heterocycles. The van der Waals surface area contributed by atoms with E-state index in [4.69, 9.17) is 18.9 Å². The molecule has 2 aromatic carbocycles. The van der Waals surface area contributed by atoms with Gasteiger partial charge in [-0.15, -0.1) is 0 Å². The third-order valence-electron chi connectivity index (χ3n) is 4.71. The first-order valence-electron chi connectivity index (χ1n) is 11.1. The van der Waals surface area contributed by atoms with Crippen molar-refractivity contribution in [3.8, 4) is 11.5 Å². The number of carbonyl (C=O) groups excluding carboxylic acids is 2. The Hall–Kier alpha value is -3.54. The third kappa shape index (κ3) is 11.1. The van der Waals surface area contributed by atoms with Crippen LogP contribution in [0.5, 0.6) is 11.5 Å². The first-order chi connectivity index (χ1) is 16.1. The predicted octanol–water partition coefficient (Wildman–Crippen LogP) is 4.86. The van der Waals surface area contributed by atoms with Crippen molar-refractivity contribution in [3.05, 3.63) is 85.0 Å². The molecule has 0 aromatic heterocycles. The Bertz CT molecular complexity index is 797. The summed E-state index contributed by atoms with van der Waals surface area (Å²) in [5.74, 6) is 0.792. The number of ether oxygens (including phenoxy) is 4. The molecule has 0 atom stereocenters. The Morgan fingerprint density at radius 1 is 0.606 bits per heavy atom. The summed E-state index contributed by atoms with van der Waals surface area (Å²) < 4.78 is 21.1. The second kappa shape index (κ2) is 15.3. The molecule has 0 aliphatic heterocycles. The minimum Gasteiger partial charge on any atom is -0.493 e. The number of benzene rings is 2. The highest BCUT2D eigenvalue weighted by Gasteiger charge is 2.01. The summed E-state index contributed by atoms with van der Waals surface area (Å²) in [6.07, 6.45) is 6.59. The molecular formula is C27H32O6. The van der Waals surface area contributed by atoms with Crippen LogP contribution in [0, 0.1) is 0 Å². The van der Waals surface area contributed by atoms with Gasteiger partial charge in [0.25, 0.3) is 0 Å². The van der Waals surface area contributed by atoms with Crippen molar-refractivity contribution < 1.29 is 28.5 Å². The molecule has 0 amide bonds. The van der Waals surface area contributed by atoms with Crippen LogP contribution < -0.4 is 9.47 Å². The van der Waals surface area contributed by atoms with E-state index < -0.39 is 11.9 Å². The molecule has 0 saturated carbocycles. The summed E-state index contributed by atoms with van der Waals surface area (Å²) >= 11 is 0. The fourth-order valence-corrected chi connectivity index (χ4v) is 2.96. The van der Waals surface area contributed by atoms with Gasteiger partial charge in [-0.05, 0) is 54.7 Å². The molecule has 0 fully saturated rings. The van der Waals surface area contributed by atoms with Gasteiger partial charge in [0.05, 0.1) is 26.4 Å². The Kier molecular flexibility index (Phi) is 11.9. The molecule has 2 aromatic rings. The van der Waals surface area contributed by atoms with E-state index in [0.29, 0.717) is 39.3 Å². The Morgan fingerprint density at radius 3 is 1.36 bits per heavy atom. The minimum atomic E-state index is -0.413. The van der Waals surface area contributed by atoms with Gasteiger partial charge in [0.15, 0.2) is 0 Å². The minimum absolute atomic E-state index is 0.323. The van der Waals surface area contributed by atoms with Gasteiger partial charge in [-0.25, -0.2) is 9.59 Å². The predicted molar refractivity (Wildman–Crippen MR) is 127 cm³/mol. The highest BCUT2D eigenvalue weighted by atomic mass is 16.5. The molecule has 0 N–H and O–H groups in total. The first kappa shape index (κ1) is 25.7. The zero-order valence-corrected chi connectivity index (χ0v) is 19.0. The molecule has 6 nitrogen and oxygen atoms in total. The van der Waals surface area contributed by atoms with E-state index in [1.165, 1.54) is 11.1 Å². The largest absolute Gasteiger partial charge is 0.493 e. The highest BCUT2D eigenvalue weighted by molar-refractivity contribution is 5.81. The molecule has 2 rings (SSSR count). The normalized spacial score (nSPS) is 10.2. The van der Waals surface area contributed by atoms with Gasteiger partial charge in [0, 0.05) is 25.0 Å². The standard InChI is InChI=1S/C27H32O6/c1-3-26(28)32-20-6-18-30-24-14-10-22(11-15-24)8-5-9-23-12-16-25(17-13-23)31-19-7-21-33-27(29)4-2/h3-4,10-17H,1-2,5-9,18-21H2. The van der Waals surface area contributed by atoms with Crippen molar-refractivity contribution in [1.29, 1.82) is 0 Å². The molecule has 33 heavy (non-hydrogen) atoms. The van der Waals surface area contributed by atoms with Crippen LogP contribution in [0.4, 0.5) is 0 Å². The summed E-state index contributed by atoms with van der Waals surface area (Å²) in [5, 5.41) is 0. The maximum absolute atomic E-state index is 11.0. The maximum Gasteiger partial charge on any atom is 0.330 e. The smallest absolute Gasteiger partial charge is 0.330 e. The lowest BCUT2D eigenvalue weighted by Gasteiger charge is -2.09. The van der Waals surface area contributed by atoms with E-state index in [-0.39, 0.29) is 0 Å². The van der Waals surface area contributed by atoms with Crippen LogP contribution in [-0.4, -0.2) is 38.4 Å². The fraction of sp³-hybridized carbons (Fsp3) is 0.333. The zero-order valence-electron chi connectivity index (χ0n) is 19.0. The Balaban J connectivity index is 1.59. The number of carbonyl (C=O) groups is 2. The lowest BCUT2D eigenvalue weighted by molar-refractivity contribution is -0.138. The van der Waals surface area contributed by atoms with Crippen molar-refractivity contribution >= 4 is 11.9 Å². The molecule has 0 radical (unpaired) electrons. The molecule has 0 unspecified atom stereocenters. The van der Waals surface area contributed by atoms with E-state index in [2.05, 4.69) is 37.4 Å². The van der Waals surface area contributed by atoms with Gasteiger partial charge in [-0.3, -0.25) is 0 Å². The van der Waals surface area contributed by atoms with Crippen LogP contribution in [0.2, 0.25) is 0 Å². The lowest BCUT2D eigenvalue weighted by atomic mass is 10.0. The number of aryl methyl sites for hydroxylation is 2. The highest BCUT2D eigenvalue weighted by Crippen LogP contribution is 2.17. The van der Waals surface area contributed by atoms with Gasteiger partial charge in [-0.1, -0.05) is 37.4 Å². The van der Waals surface area contributed by atoms with Crippen LogP contribution in [0.3, 0.4) is 0 Å². The molecule has 0 aliphatic carbocycles. The molecular weight excluding hydrogens is 420 g/mol. The summed E-state index contributed by atoms with van der Waals surface area (Å²) in [6.45, 7) is 8.34. The van der Waals surface area contributed by atoms with Crippen LogP contribution in [-0.2, 0) is 31.9 Å². The number of hydrogen-bond acceptors (Lipinski definition) is 6. The SMILES string of the molecule is C=CC(=O)OCCCOc1ccc(CCCc2ccc(OCCCOC(=O)C=C)cc2)cc1. The second-order valence-corrected chi connectivity index (χ2v) is 7.29. The van der Waals surface area contributed by atoms with Crippen LogP contribution in [0.1, 0.15) is 30.4 Å². The fourth-order valence-electron chi connectivity index (χ4n) is 2.96. The van der Waals surface area contributed by atoms with Gasteiger partial charge in [0.2, 0.25) is 0 Å². The van der Waals surface area contributed by atoms with E-state index >= 15 is 0 Å². The van der Waals surface area contributed by atoms with E-state index in [0.717, 1.165) is 42.9 Å². The molecule has 176 valence electrons. The quantitative estimate of drug-likeness (QED) is 0.206. The lowest BCUT2D eigenvalue weighted by Crippen LogP contribution is -2.06. The van der Waals surface area contributed by atoms with Crippen LogP contribution in [0.25, 0.3) is 0 Å². The topological polar surface area (TPSA) is 71.1 Å². The van der Waals surface area contributed by atoms with E-state index in [1.807, 2.05) is 24.3 Å². The molecule has 0 bridgehead atoms. The number of esters is 2. The number of rotatable bonds is 16. The maximum atomic E-state index is 11.0. The Morgan fingerprint density at radius 2 is 1.00 bits per heavy atom. The van der Waals surface area contributed by atoms with Gasteiger partial charge in [-0.2, -0.15) is 0 Å². The van der Waals surface area contributed by atoms with Crippen molar-refractivity contribution in [2.75, 3.05) is 26.4 Å². The second-order valence-electron chi connectivity index (χ2n) is 7.29. The molecule has 0 aliphatic rings. The summed E-state index contributed by atoms with van der Waals surface area (Å²) in [6, 6.07) is 16.2. The van der Waals surface area contributed by atoms with Crippen LogP contribution >= 0.6 is 0 Å². The van der Waals surface area contributed by atoms with E-state index in [9.17, 15) is 9.59 Å². The van der Waals surface area contributed by atoms with Gasteiger partial charge in [0.1, 0.15) is 11.5 Å². The molecule has 6 heteroatoms. The Labute approximate surface area is 195 Å². The van der Waals surface area contributed by atoms with Crippen molar-refractivity contribution in [2.45, 2.75) is 32.1 Å². The average molecular weight is 453 g/mol. The first-order valence-corrected chi connectivity index (χ1v) is 11.1. The van der Waals surface area contributed by atoms with Crippen LogP contribution in [0.15, 0.2) is 73.8 Å². The van der Waals surface area contributed by atoms with Gasteiger partial charge >= 0.3 is 11.9 Å². The average Bonchev–Trinajstić information content (AvgIpc) is 2.85. The summed E-state index contributed by atoms with van der Waals surface area (Å²) in [7, 11) is 0. The van der Waals surface area contributed by atoms with Crippen molar-refractivity contribution in [3.63, 3.8) is 0 Å². The third-order valence-corrected chi connectivity index (χ3v) is 4.71. The monoisotopic (exact) mass is 452 g/mol.